The van der Waals surface area contributed by atoms with Crippen LogP contribution in [0.4, 0.5) is 4.79 Å². The SMILES string of the molecule is COC[C@H](NC(=O)C(CC=C(C)C)NC(=O)OCC1c2ccccc2-c2ccccc21)C(=O)O. The van der Waals surface area contributed by atoms with E-state index in [2.05, 4.69) is 10.6 Å². The van der Waals surface area contributed by atoms with Gasteiger partial charge in [0.1, 0.15) is 12.6 Å². The van der Waals surface area contributed by atoms with Crippen LogP contribution >= 0.6 is 0 Å². The summed E-state index contributed by atoms with van der Waals surface area (Å²) in [5.74, 6) is -1.96. The molecule has 34 heavy (non-hydrogen) atoms. The van der Waals surface area contributed by atoms with Gasteiger partial charge in [-0.2, -0.15) is 0 Å². The lowest BCUT2D eigenvalue weighted by Gasteiger charge is -2.21. The number of hydrogen-bond donors (Lipinski definition) is 3. The molecule has 8 nitrogen and oxygen atoms in total. The standard InChI is InChI=1S/C26H30N2O6/c1-16(2)12-13-22(24(29)27-23(15-33-3)25(30)31)28-26(32)34-14-21-19-10-6-4-8-17(19)18-9-5-7-11-20(18)21/h4-12,21-23H,13-15H2,1-3H3,(H,27,29)(H,28,32)(H,30,31)/t22?,23-/m0/s1. The van der Waals surface area contributed by atoms with E-state index >= 15 is 0 Å². The predicted molar refractivity (Wildman–Crippen MR) is 127 cm³/mol. The number of allylic oxidation sites excluding steroid dienone is 1. The molecule has 0 aromatic heterocycles. The largest absolute Gasteiger partial charge is 0.480 e. The zero-order valence-corrected chi connectivity index (χ0v) is 19.5. The lowest BCUT2D eigenvalue weighted by atomic mass is 9.98. The number of fused-ring (bicyclic) bond motifs is 3. The topological polar surface area (TPSA) is 114 Å². The summed E-state index contributed by atoms with van der Waals surface area (Å²) in [6.07, 6.45) is 1.24. The van der Waals surface area contributed by atoms with Gasteiger partial charge in [-0.1, -0.05) is 60.2 Å². The molecule has 1 unspecified atom stereocenters. The van der Waals surface area contributed by atoms with Crippen LogP contribution in [0.1, 0.15) is 37.3 Å². The Kier molecular flexibility index (Phi) is 8.43. The van der Waals surface area contributed by atoms with E-state index in [9.17, 15) is 19.5 Å². The Hall–Kier alpha value is -3.65. The summed E-state index contributed by atoms with van der Waals surface area (Å²) in [4.78, 5) is 36.8. The van der Waals surface area contributed by atoms with E-state index in [1.807, 2.05) is 62.4 Å². The number of aliphatic carboxylic acids is 1. The lowest BCUT2D eigenvalue weighted by Crippen LogP contribution is -2.52. The highest BCUT2D eigenvalue weighted by Crippen LogP contribution is 2.44. The zero-order valence-electron chi connectivity index (χ0n) is 19.5. The minimum Gasteiger partial charge on any atom is -0.480 e. The molecule has 0 fully saturated rings. The van der Waals surface area contributed by atoms with Crippen molar-refractivity contribution >= 4 is 18.0 Å². The Labute approximate surface area is 199 Å². The van der Waals surface area contributed by atoms with Crippen molar-refractivity contribution in [3.63, 3.8) is 0 Å². The molecule has 1 aliphatic rings. The van der Waals surface area contributed by atoms with E-state index in [4.69, 9.17) is 9.47 Å². The molecular formula is C26H30N2O6. The maximum absolute atomic E-state index is 12.7. The van der Waals surface area contributed by atoms with Crippen LogP contribution in [0, 0.1) is 0 Å². The second-order valence-corrected chi connectivity index (χ2v) is 8.39. The molecule has 2 aromatic rings. The van der Waals surface area contributed by atoms with Gasteiger partial charge in [0.15, 0.2) is 6.04 Å². The number of amides is 2. The number of methoxy groups -OCH3 is 1. The van der Waals surface area contributed by atoms with Crippen LogP contribution < -0.4 is 10.6 Å². The van der Waals surface area contributed by atoms with Gasteiger partial charge in [0, 0.05) is 13.0 Å². The van der Waals surface area contributed by atoms with E-state index in [-0.39, 0.29) is 25.6 Å². The molecule has 0 radical (unpaired) electrons. The Morgan fingerprint density at radius 1 is 0.971 bits per heavy atom. The molecule has 3 rings (SSSR count). The first-order valence-corrected chi connectivity index (χ1v) is 11.1. The molecule has 180 valence electrons. The summed E-state index contributed by atoms with van der Waals surface area (Å²) in [5, 5.41) is 14.3. The van der Waals surface area contributed by atoms with Gasteiger partial charge in [-0.15, -0.1) is 0 Å². The Balaban J connectivity index is 1.68. The van der Waals surface area contributed by atoms with Gasteiger partial charge in [0.2, 0.25) is 5.91 Å². The van der Waals surface area contributed by atoms with Crippen molar-refractivity contribution in [3.8, 4) is 11.1 Å². The Morgan fingerprint density at radius 3 is 2.09 bits per heavy atom. The molecule has 3 N–H and O–H groups in total. The smallest absolute Gasteiger partial charge is 0.407 e. The van der Waals surface area contributed by atoms with Crippen LogP contribution in [0.5, 0.6) is 0 Å². The molecule has 8 heteroatoms. The van der Waals surface area contributed by atoms with Crippen molar-refractivity contribution < 1.29 is 29.0 Å². The number of carboxylic acid groups (broad SMARTS) is 1. The van der Waals surface area contributed by atoms with Crippen molar-refractivity contribution in [1.82, 2.24) is 10.6 Å². The molecule has 1 aliphatic carbocycles. The number of nitrogens with one attached hydrogen (secondary N) is 2. The lowest BCUT2D eigenvalue weighted by molar-refractivity contribution is -0.143. The third-order valence-electron chi connectivity index (χ3n) is 5.66. The summed E-state index contributed by atoms with van der Waals surface area (Å²) in [6.45, 7) is 3.65. The number of rotatable bonds is 10. The molecular weight excluding hydrogens is 436 g/mol. The Bertz CT molecular complexity index is 1030. The van der Waals surface area contributed by atoms with Crippen molar-refractivity contribution in [2.75, 3.05) is 20.3 Å². The van der Waals surface area contributed by atoms with Gasteiger partial charge in [0.05, 0.1) is 6.61 Å². The molecule has 0 saturated heterocycles. The van der Waals surface area contributed by atoms with Crippen LogP contribution in [0.25, 0.3) is 11.1 Å². The van der Waals surface area contributed by atoms with Crippen LogP contribution in [0.15, 0.2) is 60.2 Å². The third-order valence-corrected chi connectivity index (χ3v) is 5.66. The first-order chi connectivity index (χ1) is 16.3. The fourth-order valence-corrected chi connectivity index (χ4v) is 3.98. The number of carbonyl (C=O) groups excluding carboxylic acids is 2. The number of ether oxygens (including phenoxy) is 2. The highest BCUT2D eigenvalue weighted by atomic mass is 16.5. The van der Waals surface area contributed by atoms with Gasteiger partial charge in [0.25, 0.3) is 0 Å². The minimum absolute atomic E-state index is 0.109. The van der Waals surface area contributed by atoms with Crippen LogP contribution in [-0.4, -0.2) is 55.5 Å². The number of benzene rings is 2. The molecule has 0 spiro atoms. The summed E-state index contributed by atoms with van der Waals surface area (Å²) in [6, 6.07) is 13.8. The fourth-order valence-electron chi connectivity index (χ4n) is 3.98. The van der Waals surface area contributed by atoms with Gasteiger partial charge < -0.3 is 25.2 Å². The maximum Gasteiger partial charge on any atom is 0.407 e. The monoisotopic (exact) mass is 466 g/mol. The van der Waals surface area contributed by atoms with E-state index in [1.165, 1.54) is 7.11 Å². The van der Waals surface area contributed by atoms with Crippen molar-refractivity contribution in [2.24, 2.45) is 0 Å². The molecule has 0 saturated carbocycles. The summed E-state index contributed by atoms with van der Waals surface area (Å²) in [7, 11) is 1.34. The number of carbonyl (C=O) groups is 3. The molecule has 2 aromatic carbocycles. The first kappa shape index (κ1) is 25.0. The molecule has 0 bridgehead atoms. The zero-order chi connectivity index (χ0) is 24.7. The average molecular weight is 467 g/mol. The highest BCUT2D eigenvalue weighted by Gasteiger charge is 2.30. The second-order valence-electron chi connectivity index (χ2n) is 8.39. The maximum atomic E-state index is 12.7. The Morgan fingerprint density at radius 2 is 1.56 bits per heavy atom. The summed E-state index contributed by atoms with van der Waals surface area (Å²) < 4.78 is 10.4. The van der Waals surface area contributed by atoms with Crippen molar-refractivity contribution in [1.29, 1.82) is 0 Å². The quantitative estimate of drug-likeness (QED) is 0.462. The van der Waals surface area contributed by atoms with Gasteiger partial charge in [-0.25, -0.2) is 9.59 Å². The van der Waals surface area contributed by atoms with Crippen molar-refractivity contribution in [3.05, 3.63) is 71.3 Å². The molecule has 0 heterocycles. The van der Waals surface area contributed by atoms with E-state index < -0.39 is 30.1 Å². The van der Waals surface area contributed by atoms with E-state index in [0.29, 0.717) is 0 Å². The van der Waals surface area contributed by atoms with E-state index in [1.54, 1.807) is 6.08 Å². The van der Waals surface area contributed by atoms with Crippen LogP contribution in [0.3, 0.4) is 0 Å². The van der Waals surface area contributed by atoms with Crippen LogP contribution in [0.2, 0.25) is 0 Å². The van der Waals surface area contributed by atoms with Gasteiger partial charge >= 0.3 is 12.1 Å². The number of hydrogen-bond acceptors (Lipinski definition) is 5. The predicted octanol–water partition coefficient (Wildman–Crippen LogP) is 3.47. The molecule has 0 aliphatic heterocycles. The van der Waals surface area contributed by atoms with Gasteiger partial charge in [-0.05, 0) is 42.5 Å². The van der Waals surface area contributed by atoms with E-state index in [0.717, 1.165) is 27.8 Å². The van der Waals surface area contributed by atoms with Gasteiger partial charge in [-0.3, -0.25) is 4.79 Å². The molecule has 2 amide bonds. The van der Waals surface area contributed by atoms with Crippen LogP contribution in [-0.2, 0) is 19.1 Å². The highest BCUT2D eigenvalue weighted by molar-refractivity contribution is 5.89. The third kappa shape index (κ3) is 6.02. The second kappa shape index (κ2) is 11.5. The number of alkyl carbamates (subject to hydrolysis) is 1. The minimum atomic E-state index is -1.23. The van der Waals surface area contributed by atoms with Crippen molar-refractivity contribution in [2.45, 2.75) is 38.3 Å². The fraction of sp³-hybridized carbons (Fsp3) is 0.346. The number of carboxylic acids is 1. The summed E-state index contributed by atoms with van der Waals surface area (Å²) >= 11 is 0. The normalized spacial score (nSPS) is 13.7. The molecule has 2 atom stereocenters. The summed E-state index contributed by atoms with van der Waals surface area (Å²) in [5.41, 5.74) is 5.36. The average Bonchev–Trinajstić information content (AvgIpc) is 3.13. The first-order valence-electron chi connectivity index (χ1n) is 11.1.